The molecule has 0 spiro atoms. The molecule has 5 nitrogen and oxygen atoms in total. The number of thiophene rings is 1. The van der Waals surface area contributed by atoms with E-state index < -0.39 is 0 Å². The molecule has 0 saturated carbocycles. The van der Waals surface area contributed by atoms with Crippen molar-refractivity contribution < 1.29 is 4.52 Å². The van der Waals surface area contributed by atoms with Gasteiger partial charge in [-0.05, 0) is 29.0 Å². The quantitative estimate of drug-likeness (QED) is 0.915. The Hall–Kier alpha value is -0.760. The molecule has 7 heteroatoms. The lowest BCUT2D eigenvalue weighted by Crippen LogP contribution is -2.44. The minimum Gasteiger partial charge on any atom is -0.334 e. The first kappa shape index (κ1) is 12.3. The molecule has 2 aromatic rings. The van der Waals surface area contributed by atoms with Gasteiger partial charge in [-0.25, -0.2) is 0 Å². The van der Waals surface area contributed by atoms with Gasteiger partial charge in [-0.3, -0.25) is 4.90 Å². The average Bonchev–Trinajstić information content (AvgIpc) is 2.98. The van der Waals surface area contributed by atoms with Crippen LogP contribution in [-0.4, -0.2) is 41.7 Å². The Morgan fingerprint density at radius 1 is 1.61 bits per heavy atom. The molecule has 1 aliphatic rings. The molecule has 1 N–H and O–H groups in total. The van der Waals surface area contributed by atoms with E-state index in [0.717, 1.165) is 34.8 Å². The van der Waals surface area contributed by atoms with Crippen LogP contribution in [0.4, 0.5) is 0 Å². The van der Waals surface area contributed by atoms with Crippen LogP contribution in [0.3, 0.4) is 0 Å². The van der Waals surface area contributed by atoms with Crippen LogP contribution < -0.4 is 5.32 Å². The summed E-state index contributed by atoms with van der Waals surface area (Å²) in [4.78, 5) is 6.74. The molecular weight excluding hydrogens is 316 g/mol. The van der Waals surface area contributed by atoms with Gasteiger partial charge in [0.2, 0.25) is 0 Å². The minimum absolute atomic E-state index is 0.193. The summed E-state index contributed by atoms with van der Waals surface area (Å²) >= 11 is 5.04. The van der Waals surface area contributed by atoms with Gasteiger partial charge in [0, 0.05) is 25.0 Å². The third kappa shape index (κ3) is 2.35. The molecule has 1 saturated heterocycles. The number of halogens is 1. The summed E-state index contributed by atoms with van der Waals surface area (Å²) in [5.74, 6) is 1.34. The zero-order valence-corrected chi connectivity index (χ0v) is 12.3. The zero-order chi connectivity index (χ0) is 12.5. The van der Waals surface area contributed by atoms with E-state index in [4.69, 9.17) is 4.52 Å². The molecule has 0 amide bonds. The second kappa shape index (κ2) is 5.08. The molecule has 96 valence electrons. The van der Waals surface area contributed by atoms with Crippen molar-refractivity contribution in [2.45, 2.75) is 6.04 Å². The Kier molecular flexibility index (Phi) is 3.47. The number of hydrogen-bond acceptors (Lipinski definition) is 6. The van der Waals surface area contributed by atoms with E-state index in [-0.39, 0.29) is 6.04 Å². The van der Waals surface area contributed by atoms with Gasteiger partial charge in [-0.1, -0.05) is 5.16 Å². The van der Waals surface area contributed by atoms with Crippen molar-refractivity contribution in [2.24, 2.45) is 0 Å². The normalized spacial score (nSPS) is 21.3. The van der Waals surface area contributed by atoms with Crippen LogP contribution in [0.1, 0.15) is 11.9 Å². The van der Waals surface area contributed by atoms with Gasteiger partial charge >= 0.3 is 0 Å². The van der Waals surface area contributed by atoms with E-state index in [1.807, 2.05) is 11.4 Å². The number of likely N-dealkylation sites (N-methyl/N-ethyl adjacent to an activating group) is 1. The maximum absolute atomic E-state index is 5.34. The monoisotopic (exact) mass is 328 g/mol. The summed E-state index contributed by atoms with van der Waals surface area (Å²) < 4.78 is 6.40. The minimum atomic E-state index is 0.193. The fraction of sp³-hybridized carbons (Fsp3) is 0.455. The van der Waals surface area contributed by atoms with Crippen molar-refractivity contribution in [2.75, 3.05) is 26.7 Å². The fourth-order valence-corrected chi connectivity index (χ4v) is 3.13. The van der Waals surface area contributed by atoms with Crippen LogP contribution in [0.5, 0.6) is 0 Å². The van der Waals surface area contributed by atoms with Crippen LogP contribution in [0.2, 0.25) is 0 Å². The first-order valence-corrected chi connectivity index (χ1v) is 7.40. The van der Waals surface area contributed by atoms with Gasteiger partial charge in [-0.15, -0.1) is 11.3 Å². The lowest BCUT2D eigenvalue weighted by Gasteiger charge is -2.30. The third-order valence-corrected chi connectivity index (χ3v) is 4.57. The number of hydrogen-bond donors (Lipinski definition) is 1. The molecule has 0 bridgehead atoms. The van der Waals surface area contributed by atoms with E-state index in [1.165, 1.54) is 0 Å². The summed E-state index contributed by atoms with van der Waals surface area (Å²) in [7, 11) is 2.09. The van der Waals surface area contributed by atoms with Gasteiger partial charge in [0.25, 0.3) is 5.89 Å². The Morgan fingerprint density at radius 3 is 3.22 bits per heavy atom. The molecule has 3 rings (SSSR count). The van der Waals surface area contributed by atoms with Gasteiger partial charge in [0.1, 0.15) is 0 Å². The van der Waals surface area contributed by atoms with Crippen LogP contribution in [0.25, 0.3) is 11.5 Å². The molecule has 18 heavy (non-hydrogen) atoms. The first-order valence-electron chi connectivity index (χ1n) is 5.73. The second-order valence-corrected chi connectivity index (χ2v) is 6.59. The maximum Gasteiger partial charge on any atom is 0.258 e. The Morgan fingerprint density at radius 2 is 2.50 bits per heavy atom. The number of nitrogens with one attached hydrogen (secondary N) is 1. The van der Waals surface area contributed by atoms with Crippen LogP contribution in [0.15, 0.2) is 19.8 Å². The zero-order valence-electron chi connectivity index (χ0n) is 9.89. The van der Waals surface area contributed by atoms with E-state index in [0.29, 0.717) is 5.89 Å². The highest BCUT2D eigenvalue weighted by Crippen LogP contribution is 2.29. The highest BCUT2D eigenvalue weighted by molar-refractivity contribution is 9.11. The SMILES string of the molecule is CN1CCNCC1c1noc(-c2csc(Br)c2)n1. The predicted molar refractivity (Wildman–Crippen MR) is 73.6 cm³/mol. The summed E-state index contributed by atoms with van der Waals surface area (Å²) in [6.07, 6.45) is 0. The van der Waals surface area contributed by atoms with Crippen molar-refractivity contribution in [3.63, 3.8) is 0 Å². The highest BCUT2D eigenvalue weighted by atomic mass is 79.9. The Labute approximate surface area is 117 Å². The average molecular weight is 329 g/mol. The summed E-state index contributed by atoms with van der Waals surface area (Å²) in [5.41, 5.74) is 0.969. The topological polar surface area (TPSA) is 54.2 Å². The lowest BCUT2D eigenvalue weighted by molar-refractivity contribution is 0.190. The van der Waals surface area contributed by atoms with Crippen molar-refractivity contribution in [3.05, 3.63) is 21.1 Å². The molecule has 0 aliphatic carbocycles. The molecule has 0 aromatic carbocycles. The first-order chi connectivity index (χ1) is 8.74. The predicted octanol–water partition coefficient (Wildman–Crippen LogP) is 2.14. The lowest BCUT2D eigenvalue weighted by atomic mass is 10.2. The van der Waals surface area contributed by atoms with Crippen LogP contribution in [-0.2, 0) is 0 Å². The van der Waals surface area contributed by atoms with Crippen LogP contribution >= 0.6 is 27.3 Å². The highest BCUT2D eigenvalue weighted by Gasteiger charge is 2.25. The van der Waals surface area contributed by atoms with Crippen molar-refractivity contribution in [1.82, 2.24) is 20.4 Å². The van der Waals surface area contributed by atoms with Gasteiger partial charge < -0.3 is 9.84 Å². The van der Waals surface area contributed by atoms with Crippen molar-refractivity contribution in [1.29, 1.82) is 0 Å². The number of piperazine rings is 1. The fourth-order valence-electron chi connectivity index (χ4n) is 2.00. The maximum atomic E-state index is 5.34. The van der Waals surface area contributed by atoms with E-state index >= 15 is 0 Å². The molecule has 1 fully saturated rings. The van der Waals surface area contributed by atoms with Crippen molar-refractivity contribution in [3.8, 4) is 11.5 Å². The number of aromatic nitrogens is 2. The number of rotatable bonds is 2. The van der Waals surface area contributed by atoms with Crippen molar-refractivity contribution >= 4 is 27.3 Å². The summed E-state index contributed by atoms with van der Waals surface area (Å²) in [5, 5.41) is 9.45. The molecule has 1 unspecified atom stereocenters. The second-order valence-electron chi connectivity index (χ2n) is 4.30. The molecule has 3 heterocycles. The molecule has 0 radical (unpaired) electrons. The Balaban J connectivity index is 1.84. The molecule has 2 aromatic heterocycles. The third-order valence-electron chi connectivity index (χ3n) is 3.07. The summed E-state index contributed by atoms with van der Waals surface area (Å²) in [6, 6.07) is 2.18. The Bertz CT molecular complexity index is 541. The molecular formula is C11H13BrN4OS. The van der Waals surface area contributed by atoms with Gasteiger partial charge in [0.05, 0.1) is 15.4 Å². The van der Waals surface area contributed by atoms with Crippen LogP contribution in [0, 0.1) is 0 Å². The number of nitrogens with zero attached hydrogens (tertiary/aromatic N) is 3. The standard InChI is InChI=1S/C11H13BrN4OS/c1-16-3-2-13-5-8(16)10-14-11(17-15-10)7-4-9(12)18-6-7/h4,6,8,13H,2-3,5H2,1H3. The molecule has 1 atom stereocenters. The van der Waals surface area contributed by atoms with Gasteiger partial charge in [-0.2, -0.15) is 4.98 Å². The smallest absolute Gasteiger partial charge is 0.258 e. The van der Waals surface area contributed by atoms with E-state index in [9.17, 15) is 0 Å². The largest absolute Gasteiger partial charge is 0.334 e. The van der Waals surface area contributed by atoms with E-state index in [2.05, 4.69) is 43.3 Å². The molecule has 1 aliphatic heterocycles. The van der Waals surface area contributed by atoms with E-state index in [1.54, 1.807) is 11.3 Å². The summed E-state index contributed by atoms with van der Waals surface area (Å²) in [6.45, 7) is 2.87. The van der Waals surface area contributed by atoms with Gasteiger partial charge in [0.15, 0.2) is 5.82 Å².